The third-order valence-corrected chi connectivity index (χ3v) is 6.02. The Balaban J connectivity index is 1.63. The summed E-state index contributed by atoms with van der Waals surface area (Å²) < 4.78 is 10.6. The Hall–Kier alpha value is -3.53. The maximum Gasteiger partial charge on any atom is 0.118 e. The minimum absolute atomic E-state index is 0.119. The molecule has 0 bridgehead atoms. The van der Waals surface area contributed by atoms with Crippen LogP contribution >= 0.6 is 0 Å². The molecule has 33 heavy (non-hydrogen) atoms. The molecule has 4 rings (SSSR count). The second-order valence-corrected chi connectivity index (χ2v) is 9.33. The predicted octanol–water partition coefficient (Wildman–Crippen LogP) is 7.02. The fraction of sp³-hybridized carbons (Fsp3) is 0.276. The molecule has 170 valence electrons. The maximum atomic E-state index is 5.35. The molecule has 1 heterocycles. The average Bonchev–Trinajstić information content (AvgIpc) is 3.27. The third kappa shape index (κ3) is 5.28. The minimum atomic E-state index is 0.119. The van der Waals surface area contributed by atoms with Gasteiger partial charge in [-0.05, 0) is 64.6 Å². The minimum Gasteiger partial charge on any atom is -0.497 e. The van der Waals surface area contributed by atoms with Crippen LogP contribution in [-0.2, 0) is 5.41 Å². The second-order valence-electron chi connectivity index (χ2n) is 9.33. The van der Waals surface area contributed by atoms with Crippen LogP contribution in [0.2, 0.25) is 0 Å². The number of allylic oxidation sites excluding steroid dienone is 1. The van der Waals surface area contributed by atoms with Gasteiger partial charge in [-0.2, -0.15) is 5.10 Å². The van der Waals surface area contributed by atoms with Gasteiger partial charge in [0.15, 0.2) is 0 Å². The zero-order valence-electron chi connectivity index (χ0n) is 20.1. The maximum absolute atomic E-state index is 5.35. The van der Waals surface area contributed by atoms with E-state index in [1.807, 2.05) is 24.3 Å². The molecule has 0 aromatic heterocycles. The van der Waals surface area contributed by atoms with Gasteiger partial charge < -0.3 is 9.47 Å². The van der Waals surface area contributed by atoms with E-state index in [-0.39, 0.29) is 11.5 Å². The Labute approximate surface area is 197 Å². The Morgan fingerprint density at radius 3 is 1.91 bits per heavy atom. The lowest BCUT2D eigenvalue weighted by Gasteiger charge is -2.25. The highest BCUT2D eigenvalue weighted by Crippen LogP contribution is 2.37. The molecule has 0 spiro atoms. The van der Waals surface area contributed by atoms with Crippen molar-refractivity contribution in [3.63, 3.8) is 0 Å². The highest BCUT2D eigenvalue weighted by Gasteiger charge is 2.28. The van der Waals surface area contributed by atoms with E-state index in [1.165, 1.54) is 11.1 Å². The van der Waals surface area contributed by atoms with Crippen molar-refractivity contribution >= 4 is 17.5 Å². The first kappa shape index (κ1) is 22.7. The molecule has 0 radical (unpaired) electrons. The Morgan fingerprint density at radius 2 is 1.36 bits per heavy atom. The van der Waals surface area contributed by atoms with Crippen molar-refractivity contribution in [2.24, 2.45) is 5.10 Å². The largest absolute Gasteiger partial charge is 0.497 e. The molecular weight excluding hydrogens is 408 g/mol. The van der Waals surface area contributed by atoms with Gasteiger partial charge in [-0.25, -0.2) is 0 Å². The summed E-state index contributed by atoms with van der Waals surface area (Å²) in [6.07, 6.45) is 5.05. The SMILES string of the molecule is COc1ccc(C=CC2=NN(c3ccc(C(C)(C)C)cc3)C(c3ccc(OC)cc3)C2)cc1. The fourth-order valence-corrected chi connectivity index (χ4v) is 3.98. The van der Waals surface area contributed by atoms with Gasteiger partial charge >= 0.3 is 0 Å². The van der Waals surface area contributed by atoms with Gasteiger partial charge in [0.1, 0.15) is 11.5 Å². The first-order chi connectivity index (χ1) is 15.9. The predicted molar refractivity (Wildman–Crippen MR) is 137 cm³/mol. The molecule has 1 aliphatic heterocycles. The Kier molecular flexibility index (Phi) is 6.55. The van der Waals surface area contributed by atoms with Crippen LogP contribution in [0.4, 0.5) is 5.69 Å². The number of benzene rings is 3. The summed E-state index contributed by atoms with van der Waals surface area (Å²) in [4.78, 5) is 0. The molecule has 3 aromatic carbocycles. The number of hydrogen-bond donors (Lipinski definition) is 0. The molecule has 4 nitrogen and oxygen atoms in total. The number of rotatable bonds is 6. The van der Waals surface area contributed by atoms with Crippen LogP contribution < -0.4 is 14.5 Å². The summed E-state index contributed by atoms with van der Waals surface area (Å²) in [6, 6.07) is 25.2. The highest BCUT2D eigenvalue weighted by atomic mass is 16.5. The summed E-state index contributed by atoms with van der Waals surface area (Å²) in [6.45, 7) is 6.70. The van der Waals surface area contributed by atoms with Crippen LogP contribution in [0.25, 0.3) is 6.08 Å². The van der Waals surface area contributed by atoms with E-state index in [0.29, 0.717) is 0 Å². The topological polar surface area (TPSA) is 34.1 Å². The summed E-state index contributed by atoms with van der Waals surface area (Å²) in [5, 5.41) is 7.15. The van der Waals surface area contributed by atoms with Crippen molar-refractivity contribution in [3.8, 4) is 11.5 Å². The first-order valence-corrected chi connectivity index (χ1v) is 11.3. The molecular formula is C29H32N2O2. The monoisotopic (exact) mass is 440 g/mol. The van der Waals surface area contributed by atoms with Gasteiger partial charge in [-0.3, -0.25) is 5.01 Å². The highest BCUT2D eigenvalue weighted by molar-refractivity contribution is 6.01. The third-order valence-electron chi connectivity index (χ3n) is 6.02. The summed E-state index contributed by atoms with van der Waals surface area (Å²) in [5.74, 6) is 1.72. The standard InChI is InChI=1S/C29H32N2O2/c1-29(2,3)23-11-14-25(15-12-23)31-28(22-9-18-27(33-5)19-10-22)20-24(30-31)13-6-21-7-16-26(32-4)17-8-21/h6-19,28H,20H2,1-5H3. The van der Waals surface area contributed by atoms with E-state index >= 15 is 0 Å². The number of ether oxygens (including phenoxy) is 2. The van der Waals surface area contributed by atoms with Crippen molar-refractivity contribution in [2.75, 3.05) is 19.2 Å². The van der Waals surface area contributed by atoms with Crippen LogP contribution in [0.5, 0.6) is 11.5 Å². The van der Waals surface area contributed by atoms with Crippen LogP contribution in [0.1, 0.15) is 49.9 Å². The summed E-state index contributed by atoms with van der Waals surface area (Å²) >= 11 is 0. The van der Waals surface area contributed by atoms with Gasteiger partial charge in [0.2, 0.25) is 0 Å². The van der Waals surface area contributed by atoms with Gasteiger partial charge in [-0.15, -0.1) is 0 Å². The molecule has 1 atom stereocenters. The van der Waals surface area contributed by atoms with Gasteiger partial charge in [-0.1, -0.05) is 63.2 Å². The van der Waals surface area contributed by atoms with Crippen molar-refractivity contribution < 1.29 is 9.47 Å². The van der Waals surface area contributed by atoms with Crippen molar-refractivity contribution in [1.29, 1.82) is 0 Å². The van der Waals surface area contributed by atoms with Gasteiger partial charge in [0.25, 0.3) is 0 Å². The Bertz CT molecular complexity index is 1120. The first-order valence-electron chi connectivity index (χ1n) is 11.3. The zero-order chi connectivity index (χ0) is 23.4. The van der Waals surface area contributed by atoms with E-state index in [2.05, 4.69) is 86.5 Å². The van der Waals surface area contributed by atoms with E-state index in [1.54, 1.807) is 14.2 Å². The lowest BCUT2D eigenvalue weighted by atomic mass is 9.87. The molecule has 0 amide bonds. The molecule has 1 aliphatic rings. The van der Waals surface area contributed by atoms with E-state index in [4.69, 9.17) is 14.6 Å². The number of methoxy groups -OCH3 is 2. The molecule has 0 saturated carbocycles. The molecule has 0 N–H and O–H groups in total. The lowest BCUT2D eigenvalue weighted by molar-refractivity contribution is 0.414. The van der Waals surface area contributed by atoms with E-state index in [9.17, 15) is 0 Å². The molecule has 1 unspecified atom stereocenters. The number of anilines is 1. The number of hydrazone groups is 1. The lowest BCUT2D eigenvalue weighted by Crippen LogP contribution is -2.19. The normalized spacial score (nSPS) is 16.2. The molecule has 4 heteroatoms. The quantitative estimate of drug-likeness (QED) is 0.413. The summed E-state index contributed by atoms with van der Waals surface area (Å²) in [5.41, 5.74) is 5.91. The smallest absolute Gasteiger partial charge is 0.118 e. The molecule has 3 aromatic rings. The summed E-state index contributed by atoms with van der Waals surface area (Å²) in [7, 11) is 3.37. The van der Waals surface area contributed by atoms with Crippen LogP contribution in [0.15, 0.2) is 84.0 Å². The van der Waals surface area contributed by atoms with E-state index in [0.717, 1.165) is 34.9 Å². The zero-order valence-corrected chi connectivity index (χ0v) is 20.1. The number of nitrogens with zero attached hydrogens (tertiary/aromatic N) is 2. The fourth-order valence-electron chi connectivity index (χ4n) is 3.98. The molecule has 0 saturated heterocycles. The van der Waals surface area contributed by atoms with Crippen molar-refractivity contribution in [2.45, 2.75) is 38.6 Å². The molecule has 0 aliphatic carbocycles. The Morgan fingerprint density at radius 1 is 0.788 bits per heavy atom. The van der Waals surface area contributed by atoms with Crippen LogP contribution in [0.3, 0.4) is 0 Å². The van der Waals surface area contributed by atoms with E-state index < -0.39 is 0 Å². The molecule has 0 fully saturated rings. The average molecular weight is 441 g/mol. The van der Waals surface area contributed by atoms with Crippen LogP contribution in [-0.4, -0.2) is 19.9 Å². The number of hydrogen-bond acceptors (Lipinski definition) is 4. The van der Waals surface area contributed by atoms with Gasteiger partial charge in [0, 0.05) is 6.42 Å². The van der Waals surface area contributed by atoms with Crippen LogP contribution in [0, 0.1) is 0 Å². The second kappa shape index (κ2) is 9.53. The van der Waals surface area contributed by atoms with Crippen molar-refractivity contribution in [3.05, 3.63) is 95.6 Å². The van der Waals surface area contributed by atoms with Crippen molar-refractivity contribution in [1.82, 2.24) is 0 Å². The van der Waals surface area contributed by atoms with Gasteiger partial charge in [0.05, 0.1) is 31.7 Å².